The molecule has 0 bridgehead atoms. The third-order valence-corrected chi connectivity index (χ3v) is 4.40. The van der Waals surface area contributed by atoms with E-state index < -0.39 is 0 Å². The molecule has 2 aliphatic heterocycles. The van der Waals surface area contributed by atoms with Crippen LogP contribution in [0.1, 0.15) is 27.2 Å². The minimum absolute atomic E-state index is 0.221. The van der Waals surface area contributed by atoms with Crippen molar-refractivity contribution in [1.29, 1.82) is 0 Å². The topological polar surface area (TPSA) is 44.4 Å². The molecule has 4 heteroatoms. The van der Waals surface area contributed by atoms with Gasteiger partial charge in [-0.05, 0) is 20.3 Å². The highest BCUT2D eigenvalue weighted by atomic mass is 16.2. The van der Waals surface area contributed by atoms with Crippen LogP contribution in [-0.2, 0) is 4.79 Å². The van der Waals surface area contributed by atoms with Crippen molar-refractivity contribution in [2.75, 3.05) is 32.7 Å². The van der Waals surface area contributed by atoms with Crippen LogP contribution in [0.2, 0.25) is 0 Å². The van der Waals surface area contributed by atoms with Gasteiger partial charge in [-0.3, -0.25) is 9.69 Å². The summed E-state index contributed by atoms with van der Waals surface area (Å²) in [6.45, 7) is 11.6. The Bertz CT molecular complexity index is 280. The van der Waals surface area contributed by atoms with Gasteiger partial charge in [0.05, 0.1) is 5.92 Å². The molecule has 2 fully saturated rings. The highest BCUT2D eigenvalue weighted by Crippen LogP contribution is 2.27. The summed E-state index contributed by atoms with van der Waals surface area (Å²) in [5, 5.41) is 6.19. The number of carbonyl (C=O) groups excluding carboxylic acids is 1. The van der Waals surface area contributed by atoms with Crippen LogP contribution in [0.5, 0.6) is 0 Å². The monoisotopic (exact) mass is 239 g/mol. The smallest absolute Gasteiger partial charge is 0.225 e. The van der Waals surface area contributed by atoms with Crippen molar-refractivity contribution < 1.29 is 4.79 Å². The molecular weight excluding hydrogens is 214 g/mol. The predicted molar refractivity (Wildman–Crippen MR) is 68.8 cm³/mol. The first-order valence-corrected chi connectivity index (χ1v) is 6.76. The van der Waals surface area contributed by atoms with Crippen molar-refractivity contribution in [3.63, 3.8) is 0 Å². The molecule has 0 unspecified atom stereocenters. The lowest BCUT2D eigenvalue weighted by Gasteiger charge is -2.49. The zero-order chi connectivity index (χ0) is 12.5. The van der Waals surface area contributed by atoms with E-state index in [1.54, 1.807) is 0 Å². The van der Waals surface area contributed by atoms with E-state index in [4.69, 9.17) is 0 Å². The molecule has 17 heavy (non-hydrogen) atoms. The Morgan fingerprint density at radius 2 is 2.06 bits per heavy atom. The summed E-state index contributed by atoms with van der Waals surface area (Å²) in [7, 11) is 0. The van der Waals surface area contributed by atoms with Crippen LogP contribution < -0.4 is 10.6 Å². The van der Waals surface area contributed by atoms with Crippen LogP contribution in [0.3, 0.4) is 0 Å². The lowest BCUT2D eigenvalue weighted by atomic mass is 9.89. The lowest BCUT2D eigenvalue weighted by Crippen LogP contribution is -2.60. The van der Waals surface area contributed by atoms with Gasteiger partial charge in [-0.1, -0.05) is 6.92 Å². The summed E-state index contributed by atoms with van der Waals surface area (Å²) in [4.78, 5) is 14.1. The van der Waals surface area contributed by atoms with Gasteiger partial charge in [-0.15, -0.1) is 0 Å². The van der Waals surface area contributed by atoms with Crippen LogP contribution in [0, 0.1) is 11.8 Å². The highest BCUT2D eigenvalue weighted by Gasteiger charge is 2.36. The molecule has 0 aromatic carbocycles. The third kappa shape index (κ3) is 2.80. The Morgan fingerprint density at radius 3 is 2.53 bits per heavy atom. The molecule has 98 valence electrons. The third-order valence-electron chi connectivity index (χ3n) is 4.40. The summed E-state index contributed by atoms with van der Waals surface area (Å²) in [6.07, 6.45) is 1.18. The number of amides is 1. The quantitative estimate of drug-likeness (QED) is 0.732. The molecule has 2 N–H and O–H groups in total. The molecule has 2 saturated heterocycles. The first-order chi connectivity index (χ1) is 8.03. The maximum absolute atomic E-state index is 11.6. The predicted octanol–water partition coefficient (Wildman–Crippen LogP) is 0.442. The van der Waals surface area contributed by atoms with E-state index in [0.717, 1.165) is 32.7 Å². The van der Waals surface area contributed by atoms with Crippen molar-refractivity contribution in [1.82, 2.24) is 15.5 Å². The van der Waals surface area contributed by atoms with Gasteiger partial charge >= 0.3 is 0 Å². The number of carbonyl (C=O) groups is 1. The van der Waals surface area contributed by atoms with E-state index >= 15 is 0 Å². The Hall–Kier alpha value is -0.610. The Morgan fingerprint density at radius 1 is 1.41 bits per heavy atom. The standard InChI is InChI=1S/C13H25N3O/c1-4-13(2,3)16-8-10(9-16)5-15-12(17)11-6-14-7-11/h10-11,14H,4-9H2,1-3H3,(H,15,17). The molecule has 2 heterocycles. The average Bonchev–Trinajstić information content (AvgIpc) is 2.12. The summed E-state index contributed by atoms with van der Waals surface area (Å²) >= 11 is 0. The van der Waals surface area contributed by atoms with Crippen molar-refractivity contribution >= 4 is 5.91 Å². The van der Waals surface area contributed by atoms with Crippen LogP contribution in [0.25, 0.3) is 0 Å². The molecule has 2 rings (SSSR count). The summed E-state index contributed by atoms with van der Waals surface area (Å²) in [6, 6.07) is 0. The van der Waals surface area contributed by atoms with Crippen LogP contribution in [0.15, 0.2) is 0 Å². The van der Waals surface area contributed by atoms with Gasteiger partial charge in [-0.25, -0.2) is 0 Å². The second kappa shape index (κ2) is 4.94. The van der Waals surface area contributed by atoms with Crippen molar-refractivity contribution in [2.24, 2.45) is 11.8 Å². The fraction of sp³-hybridized carbons (Fsp3) is 0.923. The molecule has 1 amide bonds. The number of rotatable bonds is 5. The fourth-order valence-electron chi connectivity index (χ4n) is 2.28. The van der Waals surface area contributed by atoms with Crippen LogP contribution >= 0.6 is 0 Å². The molecule has 0 aromatic rings. The molecule has 4 nitrogen and oxygen atoms in total. The van der Waals surface area contributed by atoms with E-state index in [1.165, 1.54) is 6.42 Å². The Balaban J connectivity index is 1.62. The molecule has 0 saturated carbocycles. The SMILES string of the molecule is CCC(C)(C)N1CC(CNC(=O)C2CNC2)C1. The number of likely N-dealkylation sites (tertiary alicyclic amines) is 1. The molecule has 0 aliphatic carbocycles. The number of nitrogens with one attached hydrogen (secondary N) is 2. The van der Waals surface area contributed by atoms with E-state index in [2.05, 4.69) is 36.3 Å². The van der Waals surface area contributed by atoms with Crippen molar-refractivity contribution in [3.8, 4) is 0 Å². The zero-order valence-electron chi connectivity index (χ0n) is 11.3. The molecular formula is C13H25N3O. The van der Waals surface area contributed by atoms with E-state index in [-0.39, 0.29) is 11.8 Å². The molecule has 2 aliphatic rings. The van der Waals surface area contributed by atoms with E-state index in [1.807, 2.05) is 0 Å². The van der Waals surface area contributed by atoms with Gasteiger partial charge in [0.25, 0.3) is 0 Å². The van der Waals surface area contributed by atoms with Crippen molar-refractivity contribution in [3.05, 3.63) is 0 Å². The van der Waals surface area contributed by atoms with Crippen molar-refractivity contribution in [2.45, 2.75) is 32.7 Å². The van der Waals surface area contributed by atoms with Gasteiger partial charge in [-0.2, -0.15) is 0 Å². The number of nitrogens with zero attached hydrogens (tertiary/aromatic N) is 1. The first-order valence-electron chi connectivity index (χ1n) is 6.76. The average molecular weight is 239 g/mol. The molecule has 0 radical (unpaired) electrons. The number of hydrogen-bond acceptors (Lipinski definition) is 3. The summed E-state index contributed by atoms with van der Waals surface area (Å²) < 4.78 is 0. The second-order valence-electron chi connectivity index (χ2n) is 6.04. The minimum Gasteiger partial charge on any atom is -0.355 e. The maximum Gasteiger partial charge on any atom is 0.225 e. The molecule has 0 aromatic heterocycles. The van der Waals surface area contributed by atoms with Gasteiger partial charge in [0.2, 0.25) is 5.91 Å². The molecule has 0 atom stereocenters. The molecule has 0 spiro atoms. The second-order valence-corrected chi connectivity index (χ2v) is 6.04. The highest BCUT2D eigenvalue weighted by molar-refractivity contribution is 5.79. The fourth-order valence-corrected chi connectivity index (χ4v) is 2.28. The Labute approximate surface area is 104 Å². The normalized spacial score (nSPS) is 23.0. The van der Waals surface area contributed by atoms with Crippen LogP contribution in [0.4, 0.5) is 0 Å². The maximum atomic E-state index is 11.6. The summed E-state index contributed by atoms with van der Waals surface area (Å²) in [5.41, 5.74) is 0.318. The minimum atomic E-state index is 0.221. The first kappa shape index (κ1) is 12.8. The Kier molecular flexibility index (Phi) is 3.73. The van der Waals surface area contributed by atoms with E-state index in [9.17, 15) is 4.79 Å². The lowest BCUT2D eigenvalue weighted by molar-refractivity contribution is -0.127. The van der Waals surface area contributed by atoms with E-state index in [0.29, 0.717) is 11.5 Å². The zero-order valence-corrected chi connectivity index (χ0v) is 11.3. The summed E-state index contributed by atoms with van der Waals surface area (Å²) in [5.74, 6) is 1.10. The van der Waals surface area contributed by atoms with Crippen LogP contribution in [-0.4, -0.2) is 49.1 Å². The number of hydrogen-bond donors (Lipinski definition) is 2. The van der Waals surface area contributed by atoms with Gasteiger partial charge in [0.1, 0.15) is 0 Å². The van der Waals surface area contributed by atoms with Gasteiger partial charge in [0, 0.05) is 44.2 Å². The van der Waals surface area contributed by atoms with Gasteiger partial charge < -0.3 is 10.6 Å². The van der Waals surface area contributed by atoms with Gasteiger partial charge in [0.15, 0.2) is 0 Å². The largest absolute Gasteiger partial charge is 0.355 e.